The lowest BCUT2D eigenvalue weighted by atomic mass is 10.1. The van der Waals surface area contributed by atoms with Crippen molar-refractivity contribution < 1.29 is 9.18 Å². The minimum atomic E-state index is -0.256. The van der Waals surface area contributed by atoms with Gasteiger partial charge < -0.3 is 10.6 Å². The summed E-state index contributed by atoms with van der Waals surface area (Å²) in [6.07, 6.45) is 3.84. The van der Waals surface area contributed by atoms with Crippen LogP contribution < -0.4 is 10.6 Å². The average Bonchev–Trinajstić information content (AvgIpc) is 2.69. The number of nitrogens with zero attached hydrogens (tertiary/aromatic N) is 2. The summed E-state index contributed by atoms with van der Waals surface area (Å²) in [6, 6.07) is 15.7. The van der Waals surface area contributed by atoms with Gasteiger partial charge in [0.1, 0.15) is 11.5 Å². The highest BCUT2D eigenvalue weighted by Gasteiger charge is 2.07. The van der Waals surface area contributed by atoms with Gasteiger partial charge in [-0.3, -0.25) is 9.78 Å². The zero-order valence-corrected chi connectivity index (χ0v) is 14.2. The molecule has 0 saturated carbocycles. The molecule has 2 heterocycles. The molecular formula is C20H19FN4O. The summed E-state index contributed by atoms with van der Waals surface area (Å²) in [4.78, 5) is 20.4. The van der Waals surface area contributed by atoms with E-state index in [2.05, 4.69) is 20.6 Å². The zero-order valence-electron chi connectivity index (χ0n) is 14.2. The van der Waals surface area contributed by atoms with E-state index in [1.165, 1.54) is 6.07 Å². The van der Waals surface area contributed by atoms with Crippen LogP contribution in [0.1, 0.15) is 21.7 Å². The number of halogens is 1. The Kier molecular flexibility index (Phi) is 5.88. The lowest BCUT2D eigenvalue weighted by Gasteiger charge is -2.08. The van der Waals surface area contributed by atoms with Gasteiger partial charge in [0.05, 0.1) is 24.1 Å². The van der Waals surface area contributed by atoms with Crippen molar-refractivity contribution in [2.45, 2.75) is 13.0 Å². The molecule has 0 unspecified atom stereocenters. The predicted molar refractivity (Wildman–Crippen MR) is 98.2 cm³/mol. The molecule has 1 aromatic carbocycles. The molecule has 26 heavy (non-hydrogen) atoms. The molecule has 2 aromatic heterocycles. The first-order valence-electron chi connectivity index (χ1n) is 8.34. The van der Waals surface area contributed by atoms with E-state index in [1.54, 1.807) is 36.7 Å². The summed E-state index contributed by atoms with van der Waals surface area (Å²) in [5.41, 5.74) is 2.56. The smallest absolute Gasteiger partial charge is 0.270 e. The van der Waals surface area contributed by atoms with Crippen molar-refractivity contribution in [1.82, 2.24) is 15.3 Å². The van der Waals surface area contributed by atoms with Crippen molar-refractivity contribution in [2.24, 2.45) is 0 Å². The Morgan fingerprint density at radius 2 is 1.85 bits per heavy atom. The molecule has 6 heteroatoms. The van der Waals surface area contributed by atoms with Crippen molar-refractivity contribution in [2.75, 3.05) is 11.9 Å². The van der Waals surface area contributed by atoms with E-state index in [0.717, 1.165) is 11.4 Å². The maximum Gasteiger partial charge on any atom is 0.270 e. The van der Waals surface area contributed by atoms with Gasteiger partial charge in [-0.1, -0.05) is 24.3 Å². The molecule has 3 rings (SSSR count). The van der Waals surface area contributed by atoms with Crippen molar-refractivity contribution in [3.05, 3.63) is 89.8 Å². The molecule has 0 atom stereocenters. The highest BCUT2D eigenvalue weighted by molar-refractivity contribution is 5.92. The molecule has 2 N–H and O–H groups in total. The monoisotopic (exact) mass is 350 g/mol. The van der Waals surface area contributed by atoms with Crippen LogP contribution in [0.4, 0.5) is 10.1 Å². The van der Waals surface area contributed by atoms with E-state index in [0.29, 0.717) is 30.8 Å². The number of rotatable bonds is 7. The molecule has 0 aliphatic carbocycles. The Labute approximate surface area is 151 Å². The molecule has 0 saturated heterocycles. The number of aromatic nitrogens is 2. The van der Waals surface area contributed by atoms with Crippen LogP contribution in [0.5, 0.6) is 0 Å². The molecule has 1 amide bonds. The summed E-state index contributed by atoms with van der Waals surface area (Å²) >= 11 is 0. The van der Waals surface area contributed by atoms with Gasteiger partial charge in [-0.25, -0.2) is 9.37 Å². The summed E-state index contributed by atoms with van der Waals surface area (Å²) in [5.74, 6) is -0.457. The van der Waals surface area contributed by atoms with Crippen molar-refractivity contribution in [1.29, 1.82) is 0 Å². The second-order valence-electron chi connectivity index (χ2n) is 5.70. The number of anilines is 1. The van der Waals surface area contributed by atoms with Crippen LogP contribution in [-0.4, -0.2) is 22.4 Å². The minimum absolute atomic E-state index is 0.202. The predicted octanol–water partition coefficient (Wildman–Crippen LogP) is 3.20. The maximum atomic E-state index is 13.6. The van der Waals surface area contributed by atoms with Gasteiger partial charge in [0.2, 0.25) is 0 Å². The lowest BCUT2D eigenvalue weighted by Crippen LogP contribution is -2.24. The topological polar surface area (TPSA) is 66.9 Å². The first kappa shape index (κ1) is 17.5. The molecule has 3 aromatic rings. The fraction of sp³-hybridized carbons (Fsp3) is 0.150. The van der Waals surface area contributed by atoms with E-state index >= 15 is 0 Å². The van der Waals surface area contributed by atoms with Gasteiger partial charge >= 0.3 is 0 Å². The van der Waals surface area contributed by atoms with Crippen LogP contribution in [0.25, 0.3) is 0 Å². The van der Waals surface area contributed by atoms with E-state index in [1.807, 2.05) is 24.3 Å². The van der Waals surface area contributed by atoms with Crippen LogP contribution in [0.2, 0.25) is 0 Å². The number of nitrogens with one attached hydrogen (secondary N) is 2. The van der Waals surface area contributed by atoms with Crippen molar-refractivity contribution in [3.63, 3.8) is 0 Å². The van der Waals surface area contributed by atoms with E-state index in [9.17, 15) is 9.18 Å². The second kappa shape index (κ2) is 8.71. The molecule has 5 nitrogen and oxygen atoms in total. The van der Waals surface area contributed by atoms with Crippen molar-refractivity contribution >= 4 is 11.6 Å². The third kappa shape index (κ3) is 4.86. The van der Waals surface area contributed by atoms with E-state index in [-0.39, 0.29) is 11.7 Å². The van der Waals surface area contributed by atoms with E-state index < -0.39 is 0 Å². The number of carbonyl (C=O) groups excluding carboxylic acids is 1. The number of pyridine rings is 2. The highest BCUT2D eigenvalue weighted by atomic mass is 19.1. The Hall–Kier alpha value is -3.28. The average molecular weight is 350 g/mol. The van der Waals surface area contributed by atoms with Crippen LogP contribution in [0.15, 0.2) is 67.0 Å². The summed E-state index contributed by atoms with van der Waals surface area (Å²) in [7, 11) is 0. The first-order valence-corrected chi connectivity index (χ1v) is 8.34. The standard InChI is InChI=1S/C20H19FN4O/c21-18-7-2-1-5-15(18)10-12-23-17-8-9-19(24-13-17)20(26)25-14-16-6-3-4-11-22-16/h1-9,11,13,23H,10,12,14H2,(H,25,26). The highest BCUT2D eigenvalue weighted by Crippen LogP contribution is 2.09. The Balaban J connectivity index is 1.48. The summed E-state index contributed by atoms with van der Waals surface area (Å²) in [5, 5.41) is 5.95. The maximum absolute atomic E-state index is 13.6. The van der Waals surface area contributed by atoms with Crippen molar-refractivity contribution in [3.8, 4) is 0 Å². The molecular weight excluding hydrogens is 331 g/mol. The normalized spacial score (nSPS) is 10.3. The number of benzene rings is 1. The molecule has 0 bridgehead atoms. The number of amides is 1. The zero-order chi connectivity index (χ0) is 18.2. The van der Waals surface area contributed by atoms with E-state index in [4.69, 9.17) is 0 Å². The van der Waals surface area contributed by atoms with Crippen LogP contribution in [0.3, 0.4) is 0 Å². The first-order chi connectivity index (χ1) is 12.7. The summed E-state index contributed by atoms with van der Waals surface area (Å²) in [6.45, 7) is 0.928. The number of hydrogen-bond donors (Lipinski definition) is 2. The Bertz CT molecular complexity index is 853. The molecule has 0 aliphatic heterocycles. The van der Waals surface area contributed by atoms with Crippen LogP contribution in [-0.2, 0) is 13.0 Å². The molecule has 132 valence electrons. The fourth-order valence-corrected chi connectivity index (χ4v) is 2.44. The van der Waals surface area contributed by atoms with Gasteiger partial charge in [0.25, 0.3) is 5.91 Å². The van der Waals surface area contributed by atoms with Gasteiger partial charge in [-0.05, 0) is 42.3 Å². The third-order valence-electron chi connectivity index (χ3n) is 3.83. The Morgan fingerprint density at radius 1 is 1.00 bits per heavy atom. The third-order valence-corrected chi connectivity index (χ3v) is 3.83. The lowest BCUT2D eigenvalue weighted by molar-refractivity contribution is 0.0945. The van der Waals surface area contributed by atoms with Gasteiger partial charge in [-0.2, -0.15) is 0 Å². The van der Waals surface area contributed by atoms with Gasteiger partial charge in [0, 0.05) is 12.7 Å². The SMILES string of the molecule is O=C(NCc1ccccn1)c1ccc(NCCc2ccccc2F)cn1. The van der Waals surface area contributed by atoms with Crippen LogP contribution in [0, 0.1) is 5.82 Å². The molecule has 0 fully saturated rings. The quantitative estimate of drug-likeness (QED) is 0.687. The minimum Gasteiger partial charge on any atom is -0.383 e. The molecule has 0 aliphatic rings. The largest absolute Gasteiger partial charge is 0.383 e. The number of carbonyl (C=O) groups is 1. The van der Waals surface area contributed by atoms with Gasteiger partial charge in [-0.15, -0.1) is 0 Å². The van der Waals surface area contributed by atoms with Gasteiger partial charge in [0.15, 0.2) is 0 Å². The molecule has 0 radical (unpaired) electrons. The van der Waals surface area contributed by atoms with Crippen LogP contribution >= 0.6 is 0 Å². The fourth-order valence-electron chi connectivity index (χ4n) is 2.44. The second-order valence-corrected chi connectivity index (χ2v) is 5.70. The molecule has 0 spiro atoms. The summed E-state index contributed by atoms with van der Waals surface area (Å²) < 4.78 is 13.6. The Morgan fingerprint density at radius 3 is 2.58 bits per heavy atom. The number of hydrogen-bond acceptors (Lipinski definition) is 4.